The number of halogens is 2. The summed E-state index contributed by atoms with van der Waals surface area (Å²) in [5, 5.41) is 24.3. The van der Waals surface area contributed by atoms with Gasteiger partial charge in [-0.25, -0.2) is 0 Å². The SMILES string of the molecule is C[C@H](/C=C/[C@@H]1[C@@H](C/C=C/C[C@@H]2[C@@H](/C=C/[C@H](COc3cccc(Cl)c3)O[Si](C)(C)C(C)(C)C)[C@H](C)C[C@@H]2O)[C@@H](O)C[C@H]1O[Si](C)(C)C(C)(C)C)COc1cccc(Cl)c1. The monoisotopic (exact) mass is 872 g/mol. The Morgan fingerprint density at radius 2 is 1.22 bits per heavy atom. The molecular formula is C48H74Cl2O6Si2. The molecule has 10 heteroatoms. The van der Waals surface area contributed by atoms with Crippen molar-refractivity contribution in [3.63, 3.8) is 0 Å². The van der Waals surface area contributed by atoms with Crippen LogP contribution in [0, 0.1) is 35.5 Å². The van der Waals surface area contributed by atoms with E-state index in [2.05, 4.69) is 118 Å². The number of aliphatic hydroxyl groups is 2. The van der Waals surface area contributed by atoms with Crippen LogP contribution in [0.1, 0.15) is 81.1 Å². The van der Waals surface area contributed by atoms with E-state index in [9.17, 15) is 10.2 Å². The highest BCUT2D eigenvalue weighted by atomic mass is 35.5. The third-order valence-corrected chi connectivity index (χ3v) is 22.8. The zero-order valence-electron chi connectivity index (χ0n) is 37.4. The minimum absolute atomic E-state index is 0.0270. The Hall–Kier alpha value is -1.89. The van der Waals surface area contributed by atoms with Gasteiger partial charge in [0.2, 0.25) is 0 Å². The molecule has 0 aromatic heterocycles. The van der Waals surface area contributed by atoms with Crippen molar-refractivity contribution in [2.24, 2.45) is 35.5 Å². The van der Waals surface area contributed by atoms with E-state index >= 15 is 0 Å². The Morgan fingerprint density at radius 3 is 1.76 bits per heavy atom. The van der Waals surface area contributed by atoms with E-state index in [1.54, 1.807) is 0 Å². The number of hydrogen-bond donors (Lipinski definition) is 2. The highest BCUT2D eigenvalue weighted by Crippen LogP contribution is 2.45. The van der Waals surface area contributed by atoms with Crippen molar-refractivity contribution in [3.05, 3.63) is 95.0 Å². The van der Waals surface area contributed by atoms with Crippen molar-refractivity contribution in [1.29, 1.82) is 0 Å². The lowest BCUT2D eigenvalue weighted by Gasteiger charge is -2.40. The summed E-state index contributed by atoms with van der Waals surface area (Å²) in [5.74, 6) is 2.35. The van der Waals surface area contributed by atoms with Crippen LogP contribution in [0.5, 0.6) is 11.5 Å². The molecule has 2 aliphatic carbocycles. The average Bonchev–Trinajstić information content (AvgIpc) is 3.55. The van der Waals surface area contributed by atoms with Gasteiger partial charge in [0.25, 0.3) is 0 Å². The van der Waals surface area contributed by atoms with Gasteiger partial charge in [-0.3, -0.25) is 0 Å². The fourth-order valence-electron chi connectivity index (χ4n) is 7.74. The molecule has 2 fully saturated rings. The van der Waals surface area contributed by atoms with E-state index in [4.69, 9.17) is 41.5 Å². The minimum atomic E-state index is -2.11. The van der Waals surface area contributed by atoms with Crippen LogP contribution in [0.4, 0.5) is 0 Å². The van der Waals surface area contributed by atoms with Gasteiger partial charge in [-0.1, -0.05) is 127 Å². The van der Waals surface area contributed by atoms with Crippen LogP contribution in [0.3, 0.4) is 0 Å². The van der Waals surface area contributed by atoms with Crippen molar-refractivity contribution in [2.45, 2.75) is 142 Å². The van der Waals surface area contributed by atoms with Gasteiger partial charge in [0.15, 0.2) is 16.6 Å². The summed E-state index contributed by atoms with van der Waals surface area (Å²) in [6.45, 7) is 28.0. The minimum Gasteiger partial charge on any atom is -0.493 e. The molecule has 6 nitrogen and oxygen atoms in total. The maximum atomic E-state index is 11.5. The molecule has 10 atom stereocenters. The molecule has 0 amide bonds. The lowest BCUT2D eigenvalue weighted by molar-refractivity contribution is 0.121. The Morgan fingerprint density at radius 1 is 0.724 bits per heavy atom. The van der Waals surface area contributed by atoms with E-state index in [0.717, 1.165) is 30.8 Å². The van der Waals surface area contributed by atoms with Crippen LogP contribution in [0.25, 0.3) is 0 Å². The van der Waals surface area contributed by atoms with Gasteiger partial charge in [-0.05, 0) is 122 Å². The Bertz CT molecular complexity index is 1680. The second-order valence-electron chi connectivity index (χ2n) is 20.1. The van der Waals surface area contributed by atoms with Crippen molar-refractivity contribution >= 4 is 39.8 Å². The van der Waals surface area contributed by atoms with E-state index < -0.39 is 22.7 Å². The van der Waals surface area contributed by atoms with E-state index in [-0.39, 0.29) is 58.0 Å². The first-order chi connectivity index (χ1) is 27.0. The molecule has 0 unspecified atom stereocenters. The third kappa shape index (κ3) is 13.8. The molecule has 0 aliphatic heterocycles. The first kappa shape index (κ1) is 48.8. The lowest BCUT2D eigenvalue weighted by atomic mass is 9.86. The predicted octanol–water partition coefficient (Wildman–Crippen LogP) is 12.9. The summed E-state index contributed by atoms with van der Waals surface area (Å²) in [6.07, 6.45) is 15.2. The number of allylic oxidation sites excluding steroid dienone is 3. The summed E-state index contributed by atoms with van der Waals surface area (Å²) in [5.41, 5.74) is 0. The summed E-state index contributed by atoms with van der Waals surface area (Å²) >= 11 is 12.4. The molecule has 2 saturated carbocycles. The molecule has 2 aliphatic rings. The molecule has 324 valence electrons. The van der Waals surface area contributed by atoms with Crippen LogP contribution in [-0.4, -0.2) is 64.5 Å². The molecule has 0 bridgehead atoms. The molecule has 4 rings (SSSR count). The Labute approximate surface area is 363 Å². The fraction of sp³-hybridized carbons (Fsp3) is 0.625. The Kier molecular flexibility index (Phi) is 17.5. The van der Waals surface area contributed by atoms with Crippen LogP contribution < -0.4 is 9.47 Å². The maximum Gasteiger partial charge on any atom is 0.193 e. The summed E-state index contributed by atoms with van der Waals surface area (Å²) in [4.78, 5) is 0. The average molecular weight is 874 g/mol. The molecule has 0 heterocycles. The molecule has 0 spiro atoms. The number of aliphatic hydroxyl groups excluding tert-OH is 2. The topological polar surface area (TPSA) is 77.4 Å². The summed E-state index contributed by atoms with van der Waals surface area (Å²) in [7, 11) is -4.20. The number of ether oxygens (including phenoxy) is 2. The normalized spacial score (nSPS) is 27.2. The highest BCUT2D eigenvalue weighted by molar-refractivity contribution is 6.74. The summed E-state index contributed by atoms with van der Waals surface area (Å²) < 4.78 is 26.2. The Balaban J connectivity index is 1.47. The first-order valence-corrected chi connectivity index (χ1v) is 28.0. The van der Waals surface area contributed by atoms with Gasteiger partial charge < -0.3 is 28.5 Å². The quantitative estimate of drug-likeness (QED) is 0.115. The van der Waals surface area contributed by atoms with E-state index in [1.807, 2.05) is 48.5 Å². The molecule has 2 aromatic carbocycles. The highest BCUT2D eigenvalue weighted by Gasteiger charge is 2.47. The predicted molar refractivity (Wildman–Crippen MR) is 248 cm³/mol. The standard InChI is InChI=1S/C48H74Cl2O6Si2/c1-33(31-53-37-19-15-17-35(49)28-37)23-25-43-42(45(52)30-46(43)56-58(11,12)48(6,7)8)22-14-13-21-41-40(34(2)27-44(41)51)26-24-39(55-57(9,10)47(3,4)5)32-54-38-20-16-18-36(50)29-38/h13-20,23-26,28-29,33-34,39-46,51-52H,21-22,27,30-32H2,1-12H3/b14-13+,25-23+,26-24+/t33-,34-,39-,40+,41-,42-,43-,44+,45+,46-/m1/s1. The van der Waals surface area contributed by atoms with Gasteiger partial charge in [-0.2, -0.15) is 0 Å². The van der Waals surface area contributed by atoms with Gasteiger partial charge in [0, 0.05) is 21.9 Å². The zero-order chi connectivity index (χ0) is 43.1. The number of benzene rings is 2. The van der Waals surface area contributed by atoms with E-state index in [0.29, 0.717) is 35.6 Å². The van der Waals surface area contributed by atoms with Crippen molar-refractivity contribution in [3.8, 4) is 11.5 Å². The van der Waals surface area contributed by atoms with Crippen LogP contribution in [-0.2, 0) is 8.85 Å². The zero-order valence-corrected chi connectivity index (χ0v) is 40.9. The van der Waals surface area contributed by atoms with Gasteiger partial charge in [0.1, 0.15) is 18.1 Å². The lowest BCUT2D eigenvalue weighted by Crippen LogP contribution is -2.45. The second kappa shape index (κ2) is 20.8. The number of hydrogen-bond acceptors (Lipinski definition) is 6. The fourth-order valence-corrected chi connectivity index (χ4v) is 10.7. The van der Waals surface area contributed by atoms with Crippen LogP contribution >= 0.6 is 23.2 Å². The van der Waals surface area contributed by atoms with Gasteiger partial charge >= 0.3 is 0 Å². The largest absolute Gasteiger partial charge is 0.493 e. The second-order valence-corrected chi connectivity index (χ2v) is 30.5. The molecule has 2 N–H and O–H groups in total. The van der Waals surface area contributed by atoms with E-state index in [1.165, 1.54) is 0 Å². The van der Waals surface area contributed by atoms with Gasteiger partial charge in [0.05, 0.1) is 31.0 Å². The molecule has 2 aromatic rings. The molecular weight excluding hydrogens is 800 g/mol. The molecule has 0 saturated heterocycles. The third-order valence-electron chi connectivity index (χ3n) is 13.4. The molecule has 0 radical (unpaired) electrons. The maximum absolute atomic E-state index is 11.5. The number of rotatable bonds is 18. The van der Waals surface area contributed by atoms with Gasteiger partial charge in [-0.15, -0.1) is 0 Å². The van der Waals surface area contributed by atoms with Crippen LogP contribution in [0.15, 0.2) is 85.0 Å². The first-order valence-electron chi connectivity index (χ1n) is 21.5. The molecule has 58 heavy (non-hydrogen) atoms. The van der Waals surface area contributed by atoms with Crippen molar-refractivity contribution in [1.82, 2.24) is 0 Å². The van der Waals surface area contributed by atoms with Crippen molar-refractivity contribution < 1.29 is 28.5 Å². The smallest absolute Gasteiger partial charge is 0.193 e. The van der Waals surface area contributed by atoms with Crippen molar-refractivity contribution in [2.75, 3.05) is 13.2 Å². The summed E-state index contributed by atoms with van der Waals surface area (Å²) in [6, 6.07) is 15.0. The van der Waals surface area contributed by atoms with Crippen LogP contribution in [0.2, 0.25) is 46.3 Å².